The fraction of sp³-hybridized carbons (Fsp3) is 0.167. The molecule has 0 amide bonds. The fourth-order valence-corrected chi connectivity index (χ4v) is 3.27. The van der Waals surface area contributed by atoms with Crippen LogP contribution in [0.1, 0.15) is 5.56 Å². The second-order valence-electron chi connectivity index (χ2n) is 4.17. The highest BCUT2D eigenvalue weighted by molar-refractivity contribution is 7.90. The number of hydrogen-bond donors (Lipinski definition) is 1. The molecule has 20 heavy (non-hydrogen) atoms. The van der Waals surface area contributed by atoms with E-state index in [0.717, 1.165) is 11.8 Å². The van der Waals surface area contributed by atoms with Gasteiger partial charge < -0.3 is 5.32 Å². The SMILES string of the molecule is CS(=O)(=O)c1cccc(NCc2ccsc2)c1[N+](=O)[O-]. The van der Waals surface area contributed by atoms with Crippen molar-refractivity contribution in [2.24, 2.45) is 0 Å². The lowest BCUT2D eigenvalue weighted by molar-refractivity contribution is -0.386. The summed E-state index contributed by atoms with van der Waals surface area (Å²) in [7, 11) is -3.65. The van der Waals surface area contributed by atoms with Crippen LogP contribution in [0.15, 0.2) is 39.9 Å². The van der Waals surface area contributed by atoms with Crippen molar-refractivity contribution in [2.75, 3.05) is 11.6 Å². The highest BCUT2D eigenvalue weighted by Gasteiger charge is 2.25. The zero-order chi connectivity index (χ0) is 14.8. The van der Waals surface area contributed by atoms with Gasteiger partial charge in [0.2, 0.25) is 0 Å². The summed E-state index contributed by atoms with van der Waals surface area (Å²) in [5.74, 6) is 0. The average Bonchev–Trinajstić information content (AvgIpc) is 2.87. The summed E-state index contributed by atoms with van der Waals surface area (Å²) in [5, 5.41) is 17.9. The molecule has 0 aliphatic rings. The van der Waals surface area contributed by atoms with Gasteiger partial charge in [-0.05, 0) is 34.5 Å². The Hall–Kier alpha value is -1.93. The summed E-state index contributed by atoms with van der Waals surface area (Å²) in [5.41, 5.74) is 0.767. The quantitative estimate of drug-likeness (QED) is 0.677. The zero-order valence-corrected chi connectivity index (χ0v) is 12.2. The van der Waals surface area contributed by atoms with Crippen LogP contribution in [0.3, 0.4) is 0 Å². The Kier molecular flexibility index (Phi) is 4.05. The molecule has 0 aliphatic carbocycles. The molecule has 0 radical (unpaired) electrons. The Labute approximate surface area is 120 Å². The van der Waals surface area contributed by atoms with Crippen LogP contribution in [0, 0.1) is 10.1 Å². The van der Waals surface area contributed by atoms with E-state index in [-0.39, 0.29) is 10.6 Å². The maximum atomic E-state index is 11.6. The van der Waals surface area contributed by atoms with E-state index in [2.05, 4.69) is 5.32 Å². The first kappa shape index (κ1) is 14.5. The molecule has 2 rings (SSSR count). The number of hydrogen-bond acceptors (Lipinski definition) is 6. The summed E-state index contributed by atoms with van der Waals surface area (Å²) >= 11 is 1.52. The highest BCUT2D eigenvalue weighted by Crippen LogP contribution is 2.32. The Bertz CT molecular complexity index is 724. The van der Waals surface area contributed by atoms with Crippen LogP contribution in [-0.2, 0) is 16.4 Å². The van der Waals surface area contributed by atoms with Gasteiger partial charge >= 0.3 is 5.69 Å². The second-order valence-corrected chi connectivity index (χ2v) is 6.93. The summed E-state index contributed by atoms with van der Waals surface area (Å²) in [6.45, 7) is 0.400. The first-order valence-corrected chi connectivity index (χ1v) is 8.45. The molecular weight excluding hydrogens is 300 g/mol. The number of nitrogens with one attached hydrogen (secondary N) is 1. The zero-order valence-electron chi connectivity index (χ0n) is 10.6. The topological polar surface area (TPSA) is 89.3 Å². The van der Waals surface area contributed by atoms with Gasteiger partial charge in [-0.1, -0.05) is 6.07 Å². The highest BCUT2D eigenvalue weighted by atomic mass is 32.2. The summed E-state index contributed by atoms with van der Waals surface area (Å²) in [6.07, 6.45) is 0.956. The minimum Gasteiger partial charge on any atom is -0.375 e. The maximum Gasteiger partial charge on any atom is 0.310 e. The molecule has 2 aromatic rings. The van der Waals surface area contributed by atoms with E-state index in [1.807, 2.05) is 16.8 Å². The Morgan fingerprint density at radius 2 is 2.10 bits per heavy atom. The third-order valence-electron chi connectivity index (χ3n) is 2.64. The smallest absolute Gasteiger partial charge is 0.310 e. The summed E-state index contributed by atoms with van der Waals surface area (Å²) in [4.78, 5) is 10.2. The molecule has 6 nitrogen and oxygen atoms in total. The first-order chi connectivity index (χ1) is 9.39. The van der Waals surface area contributed by atoms with Crippen molar-refractivity contribution in [3.05, 3.63) is 50.7 Å². The Morgan fingerprint density at radius 1 is 1.35 bits per heavy atom. The number of anilines is 1. The predicted molar refractivity (Wildman–Crippen MR) is 77.9 cm³/mol. The van der Waals surface area contributed by atoms with Crippen molar-refractivity contribution in [1.29, 1.82) is 0 Å². The lowest BCUT2D eigenvalue weighted by Crippen LogP contribution is -2.07. The average molecular weight is 312 g/mol. The Balaban J connectivity index is 2.40. The minimum atomic E-state index is -3.65. The molecule has 1 aromatic heterocycles. The normalized spacial score (nSPS) is 11.2. The second kappa shape index (κ2) is 5.59. The molecule has 0 aliphatic heterocycles. The third kappa shape index (κ3) is 3.14. The standard InChI is InChI=1S/C12H12N2O4S2/c1-20(17,18)11-4-2-3-10(12(11)14(15)16)13-7-9-5-6-19-8-9/h2-6,8,13H,7H2,1H3. The molecule has 8 heteroatoms. The summed E-state index contributed by atoms with van der Waals surface area (Å²) in [6, 6.07) is 6.12. The van der Waals surface area contributed by atoms with E-state index in [1.54, 1.807) is 0 Å². The van der Waals surface area contributed by atoms with E-state index in [4.69, 9.17) is 0 Å². The van der Waals surface area contributed by atoms with Crippen LogP contribution in [0.5, 0.6) is 0 Å². The molecule has 1 aromatic carbocycles. The van der Waals surface area contributed by atoms with Crippen molar-refractivity contribution < 1.29 is 13.3 Å². The van der Waals surface area contributed by atoms with Gasteiger partial charge in [-0.25, -0.2) is 8.42 Å². The number of thiophene rings is 1. The molecule has 0 fully saturated rings. The van der Waals surface area contributed by atoms with Crippen LogP contribution in [0.4, 0.5) is 11.4 Å². The molecule has 0 saturated carbocycles. The van der Waals surface area contributed by atoms with Crippen LogP contribution in [0.2, 0.25) is 0 Å². The molecule has 0 bridgehead atoms. The fourth-order valence-electron chi connectivity index (χ4n) is 1.74. The van der Waals surface area contributed by atoms with Crippen LogP contribution in [0.25, 0.3) is 0 Å². The lowest BCUT2D eigenvalue weighted by Gasteiger charge is -2.08. The molecule has 0 saturated heterocycles. The number of para-hydroxylation sites is 1. The molecule has 106 valence electrons. The van der Waals surface area contributed by atoms with Gasteiger partial charge in [0.1, 0.15) is 10.6 Å². The third-order valence-corrected chi connectivity index (χ3v) is 4.50. The first-order valence-electron chi connectivity index (χ1n) is 5.62. The minimum absolute atomic E-state index is 0.198. The lowest BCUT2D eigenvalue weighted by atomic mass is 10.2. The molecular formula is C12H12N2O4S2. The van der Waals surface area contributed by atoms with E-state index in [9.17, 15) is 18.5 Å². The van der Waals surface area contributed by atoms with Gasteiger partial charge in [-0.3, -0.25) is 10.1 Å². The van der Waals surface area contributed by atoms with Gasteiger partial charge in [-0.15, -0.1) is 0 Å². The van der Waals surface area contributed by atoms with Crippen molar-refractivity contribution in [2.45, 2.75) is 11.4 Å². The van der Waals surface area contributed by atoms with Crippen molar-refractivity contribution in [1.82, 2.24) is 0 Å². The van der Waals surface area contributed by atoms with Crippen molar-refractivity contribution >= 4 is 32.5 Å². The predicted octanol–water partition coefficient (Wildman–Crippen LogP) is 2.67. The van der Waals surface area contributed by atoms with E-state index < -0.39 is 20.4 Å². The molecule has 0 unspecified atom stereocenters. The number of nitro groups is 1. The van der Waals surface area contributed by atoms with Crippen LogP contribution >= 0.6 is 11.3 Å². The Morgan fingerprint density at radius 3 is 2.65 bits per heavy atom. The van der Waals surface area contributed by atoms with Crippen molar-refractivity contribution in [3.63, 3.8) is 0 Å². The van der Waals surface area contributed by atoms with Gasteiger partial charge in [0.25, 0.3) is 0 Å². The van der Waals surface area contributed by atoms with Crippen LogP contribution < -0.4 is 5.32 Å². The maximum absolute atomic E-state index is 11.6. The number of nitrogens with zero attached hydrogens (tertiary/aromatic N) is 1. The number of nitro benzene ring substituents is 1. The van der Waals surface area contributed by atoms with E-state index in [0.29, 0.717) is 6.54 Å². The van der Waals surface area contributed by atoms with Gasteiger partial charge in [0.05, 0.1) is 4.92 Å². The van der Waals surface area contributed by atoms with E-state index >= 15 is 0 Å². The summed E-state index contributed by atoms with van der Waals surface area (Å²) < 4.78 is 23.2. The number of sulfone groups is 1. The van der Waals surface area contributed by atoms with Gasteiger partial charge in [0, 0.05) is 12.8 Å². The van der Waals surface area contributed by atoms with E-state index in [1.165, 1.54) is 29.5 Å². The molecule has 1 N–H and O–H groups in total. The van der Waals surface area contributed by atoms with Gasteiger partial charge in [0.15, 0.2) is 9.84 Å². The number of benzene rings is 1. The van der Waals surface area contributed by atoms with Crippen LogP contribution in [-0.4, -0.2) is 19.6 Å². The van der Waals surface area contributed by atoms with Gasteiger partial charge in [-0.2, -0.15) is 11.3 Å². The largest absolute Gasteiger partial charge is 0.375 e. The monoisotopic (exact) mass is 312 g/mol. The molecule has 0 atom stereocenters. The molecule has 0 spiro atoms. The molecule has 1 heterocycles. The van der Waals surface area contributed by atoms with Crippen molar-refractivity contribution in [3.8, 4) is 0 Å². The number of rotatable bonds is 5.